The number of esters is 1. The van der Waals surface area contributed by atoms with Crippen molar-refractivity contribution < 1.29 is 19.1 Å². The maximum Gasteiger partial charge on any atom is 0.348 e. The molecule has 146 valence electrons. The van der Waals surface area contributed by atoms with Crippen LogP contribution in [0, 0.1) is 6.92 Å². The van der Waals surface area contributed by atoms with Gasteiger partial charge in [0, 0.05) is 5.69 Å². The summed E-state index contributed by atoms with van der Waals surface area (Å²) in [5.74, 6) is -0.211. The number of thiophene rings is 1. The third-order valence-corrected chi connectivity index (χ3v) is 5.58. The number of rotatable bonds is 5. The zero-order valence-corrected chi connectivity index (χ0v) is 16.6. The number of fused-ring (bicyclic) bond motifs is 1. The lowest BCUT2D eigenvalue weighted by molar-refractivity contribution is -0.118. The van der Waals surface area contributed by atoms with Gasteiger partial charge in [-0.2, -0.15) is 0 Å². The van der Waals surface area contributed by atoms with E-state index in [0.29, 0.717) is 32.1 Å². The van der Waals surface area contributed by atoms with Gasteiger partial charge in [-0.3, -0.25) is 14.2 Å². The molecule has 0 radical (unpaired) electrons. The lowest BCUT2D eigenvalue weighted by Crippen LogP contribution is -2.31. The number of carbonyl (C=O) groups is 2. The Bertz CT molecular complexity index is 1100. The first-order valence-corrected chi connectivity index (χ1v) is 9.22. The van der Waals surface area contributed by atoms with Gasteiger partial charge < -0.3 is 14.8 Å². The van der Waals surface area contributed by atoms with Crippen molar-refractivity contribution in [3.8, 4) is 5.75 Å². The van der Waals surface area contributed by atoms with Gasteiger partial charge in [-0.1, -0.05) is 0 Å². The number of hydrogen-bond acceptors (Lipinski definition) is 7. The van der Waals surface area contributed by atoms with E-state index in [-0.39, 0.29) is 11.5 Å². The van der Waals surface area contributed by atoms with Gasteiger partial charge in [0.2, 0.25) is 5.91 Å². The van der Waals surface area contributed by atoms with E-state index in [9.17, 15) is 14.4 Å². The topological polar surface area (TPSA) is 99.5 Å². The van der Waals surface area contributed by atoms with Gasteiger partial charge in [0.15, 0.2) is 0 Å². The summed E-state index contributed by atoms with van der Waals surface area (Å²) in [4.78, 5) is 42.4. The van der Waals surface area contributed by atoms with Crippen molar-refractivity contribution in [3.05, 3.63) is 51.4 Å². The maximum absolute atomic E-state index is 12.9. The van der Waals surface area contributed by atoms with Crippen LogP contribution >= 0.6 is 11.3 Å². The van der Waals surface area contributed by atoms with Crippen LogP contribution in [0.5, 0.6) is 5.75 Å². The summed E-state index contributed by atoms with van der Waals surface area (Å²) in [5.41, 5.74) is 0.701. The Balaban J connectivity index is 1.92. The molecule has 1 atom stereocenters. The molecular formula is C19H19N3O5S. The van der Waals surface area contributed by atoms with Crippen molar-refractivity contribution in [3.63, 3.8) is 0 Å². The summed E-state index contributed by atoms with van der Waals surface area (Å²) < 4.78 is 11.1. The van der Waals surface area contributed by atoms with Crippen molar-refractivity contribution in [2.75, 3.05) is 19.5 Å². The van der Waals surface area contributed by atoms with Crippen LogP contribution in [0.25, 0.3) is 10.2 Å². The van der Waals surface area contributed by atoms with Gasteiger partial charge in [-0.15, -0.1) is 11.3 Å². The van der Waals surface area contributed by atoms with E-state index in [1.807, 2.05) is 0 Å². The van der Waals surface area contributed by atoms with Gasteiger partial charge in [0.1, 0.15) is 21.5 Å². The fourth-order valence-electron chi connectivity index (χ4n) is 2.75. The number of nitrogens with zero attached hydrogens (tertiary/aromatic N) is 2. The normalized spacial score (nSPS) is 11.9. The predicted molar refractivity (Wildman–Crippen MR) is 106 cm³/mol. The fourth-order valence-corrected chi connectivity index (χ4v) is 3.81. The maximum atomic E-state index is 12.9. The smallest absolute Gasteiger partial charge is 0.348 e. The Kier molecular flexibility index (Phi) is 5.46. The molecule has 0 bridgehead atoms. The minimum absolute atomic E-state index is 0.317. The summed E-state index contributed by atoms with van der Waals surface area (Å²) in [6, 6.07) is 6.07. The van der Waals surface area contributed by atoms with Crippen molar-refractivity contribution in [2.24, 2.45) is 0 Å². The minimum Gasteiger partial charge on any atom is -0.497 e. The highest BCUT2D eigenvalue weighted by molar-refractivity contribution is 7.20. The molecule has 1 aromatic carbocycles. The van der Waals surface area contributed by atoms with E-state index in [0.717, 1.165) is 11.3 Å². The van der Waals surface area contributed by atoms with Crippen molar-refractivity contribution >= 4 is 39.1 Å². The van der Waals surface area contributed by atoms with E-state index < -0.39 is 12.0 Å². The number of ether oxygens (including phenoxy) is 2. The second-order valence-corrected chi connectivity index (χ2v) is 7.08. The number of amides is 1. The molecule has 0 fully saturated rings. The Labute approximate surface area is 164 Å². The van der Waals surface area contributed by atoms with E-state index in [1.165, 1.54) is 18.0 Å². The molecule has 0 aliphatic rings. The number of aromatic nitrogens is 2. The van der Waals surface area contributed by atoms with Crippen molar-refractivity contribution in [2.45, 2.75) is 19.9 Å². The molecular weight excluding hydrogens is 382 g/mol. The standard InChI is InChI=1S/C19H19N3O5S/c1-10-14-17(28-15(10)19(25)27-4)20-9-22(18(14)24)11(2)16(23)21-12-5-7-13(26-3)8-6-12/h5-9,11H,1-4H3,(H,21,23)/t11-/m1/s1. The molecule has 0 aliphatic heterocycles. The molecule has 0 spiro atoms. The van der Waals surface area contributed by atoms with Crippen LogP contribution in [0.1, 0.15) is 28.2 Å². The highest BCUT2D eigenvalue weighted by Crippen LogP contribution is 2.27. The van der Waals surface area contributed by atoms with E-state index in [1.54, 1.807) is 45.2 Å². The molecule has 0 saturated heterocycles. The largest absolute Gasteiger partial charge is 0.497 e. The van der Waals surface area contributed by atoms with Gasteiger partial charge in [0.05, 0.1) is 25.9 Å². The van der Waals surface area contributed by atoms with Gasteiger partial charge in [0.25, 0.3) is 5.56 Å². The number of methoxy groups -OCH3 is 2. The predicted octanol–water partition coefficient (Wildman–Crippen LogP) is 2.76. The van der Waals surface area contributed by atoms with E-state index >= 15 is 0 Å². The first kappa shape index (κ1) is 19.6. The third kappa shape index (κ3) is 3.48. The second kappa shape index (κ2) is 7.81. The van der Waals surface area contributed by atoms with Gasteiger partial charge in [-0.25, -0.2) is 9.78 Å². The zero-order valence-electron chi connectivity index (χ0n) is 15.8. The van der Waals surface area contributed by atoms with Crippen LogP contribution in [0.3, 0.4) is 0 Å². The summed E-state index contributed by atoms with van der Waals surface area (Å²) in [5, 5.41) is 3.08. The second-order valence-electron chi connectivity index (χ2n) is 6.08. The molecule has 0 unspecified atom stereocenters. The summed E-state index contributed by atoms with van der Waals surface area (Å²) in [7, 11) is 2.84. The SMILES string of the molecule is COC(=O)c1sc2ncn([C@H](C)C(=O)Nc3ccc(OC)cc3)c(=O)c2c1C. The summed E-state index contributed by atoms with van der Waals surface area (Å²) in [6.07, 6.45) is 1.32. The number of hydrogen-bond donors (Lipinski definition) is 1. The lowest BCUT2D eigenvalue weighted by atomic mass is 10.2. The molecule has 8 nitrogen and oxygen atoms in total. The summed E-state index contributed by atoms with van der Waals surface area (Å²) >= 11 is 1.09. The molecule has 2 aromatic heterocycles. The van der Waals surface area contributed by atoms with E-state index in [2.05, 4.69) is 10.3 Å². The Morgan fingerprint density at radius 1 is 1.21 bits per heavy atom. The molecule has 0 saturated carbocycles. The molecule has 1 amide bonds. The number of anilines is 1. The number of aryl methyl sites for hydroxylation is 1. The van der Waals surface area contributed by atoms with Crippen LogP contribution < -0.4 is 15.6 Å². The van der Waals surface area contributed by atoms with Crippen LogP contribution in [-0.2, 0) is 9.53 Å². The van der Waals surface area contributed by atoms with Gasteiger partial charge in [-0.05, 0) is 43.7 Å². The van der Waals surface area contributed by atoms with Crippen molar-refractivity contribution in [1.82, 2.24) is 9.55 Å². The minimum atomic E-state index is -0.799. The van der Waals surface area contributed by atoms with Crippen LogP contribution in [0.4, 0.5) is 5.69 Å². The average Bonchev–Trinajstić information content (AvgIpc) is 3.05. The van der Waals surface area contributed by atoms with Crippen LogP contribution in [0.15, 0.2) is 35.4 Å². The number of carbonyl (C=O) groups excluding carboxylic acids is 2. The average molecular weight is 401 g/mol. The first-order valence-electron chi connectivity index (χ1n) is 8.40. The lowest BCUT2D eigenvalue weighted by Gasteiger charge is -2.15. The van der Waals surface area contributed by atoms with Crippen LogP contribution in [0.2, 0.25) is 0 Å². The molecule has 2 heterocycles. The third-order valence-electron chi connectivity index (χ3n) is 4.40. The molecule has 0 aliphatic carbocycles. The molecule has 3 rings (SSSR count). The number of nitrogens with one attached hydrogen (secondary N) is 1. The Hall–Kier alpha value is -3.20. The zero-order chi connectivity index (χ0) is 20.4. The molecule has 1 N–H and O–H groups in total. The molecule has 3 aromatic rings. The highest BCUT2D eigenvalue weighted by Gasteiger charge is 2.23. The Morgan fingerprint density at radius 3 is 2.50 bits per heavy atom. The highest BCUT2D eigenvalue weighted by atomic mass is 32.1. The first-order chi connectivity index (χ1) is 13.4. The monoisotopic (exact) mass is 401 g/mol. The quantitative estimate of drug-likeness (QED) is 0.660. The molecule has 28 heavy (non-hydrogen) atoms. The molecule has 9 heteroatoms. The fraction of sp³-hybridized carbons (Fsp3) is 0.263. The van der Waals surface area contributed by atoms with Crippen molar-refractivity contribution in [1.29, 1.82) is 0 Å². The van der Waals surface area contributed by atoms with E-state index in [4.69, 9.17) is 9.47 Å². The van der Waals surface area contributed by atoms with Crippen LogP contribution in [-0.4, -0.2) is 35.6 Å². The van der Waals surface area contributed by atoms with Gasteiger partial charge >= 0.3 is 5.97 Å². The summed E-state index contributed by atoms with van der Waals surface area (Å²) in [6.45, 7) is 3.28. The Morgan fingerprint density at radius 2 is 1.89 bits per heavy atom. The number of benzene rings is 1.